The maximum absolute atomic E-state index is 9.53. The highest BCUT2D eigenvalue weighted by Crippen LogP contribution is 2.22. The van der Waals surface area contributed by atoms with Crippen LogP contribution in [0.3, 0.4) is 0 Å². The topological polar surface area (TPSA) is 49.5 Å². The van der Waals surface area contributed by atoms with Gasteiger partial charge in [-0.1, -0.05) is 11.6 Å². The molecule has 0 bridgehead atoms. The van der Waals surface area contributed by atoms with E-state index in [2.05, 4.69) is 10.1 Å². The predicted molar refractivity (Wildman–Crippen MR) is 65.6 cm³/mol. The van der Waals surface area contributed by atoms with Gasteiger partial charge >= 0.3 is 0 Å². The molecule has 1 saturated heterocycles. The van der Waals surface area contributed by atoms with Gasteiger partial charge in [-0.3, -0.25) is 4.90 Å². The first kappa shape index (κ1) is 12.6. The number of hydrogen-bond acceptors (Lipinski definition) is 4. The van der Waals surface area contributed by atoms with E-state index < -0.39 is 0 Å². The minimum absolute atomic E-state index is 0.223. The van der Waals surface area contributed by atoms with Crippen molar-refractivity contribution in [3.05, 3.63) is 17.5 Å². The Morgan fingerprint density at radius 2 is 2.41 bits per heavy atom. The number of aliphatic hydroxyl groups excluding tert-OH is 1. The number of likely N-dealkylation sites (tertiary alicyclic amines) is 1. The lowest BCUT2D eigenvalue weighted by atomic mass is 9.97. The number of aliphatic hydroxyl groups is 1. The Balaban J connectivity index is 1.96. The fraction of sp³-hybridized carbons (Fsp3) is 0.769. The second-order valence-corrected chi connectivity index (χ2v) is 5.13. The zero-order valence-corrected chi connectivity index (χ0v) is 10.7. The summed E-state index contributed by atoms with van der Waals surface area (Å²) in [5.74, 6) is 0.865. The summed E-state index contributed by atoms with van der Waals surface area (Å²) >= 11 is 0. The second-order valence-electron chi connectivity index (χ2n) is 5.13. The van der Waals surface area contributed by atoms with Crippen molar-refractivity contribution in [3.63, 3.8) is 0 Å². The van der Waals surface area contributed by atoms with E-state index in [1.807, 2.05) is 19.9 Å². The average molecular weight is 238 g/mol. The molecule has 2 rings (SSSR count). The molecule has 0 amide bonds. The lowest BCUT2D eigenvalue weighted by Crippen LogP contribution is -2.40. The van der Waals surface area contributed by atoms with Crippen molar-refractivity contribution in [1.82, 2.24) is 10.1 Å². The van der Waals surface area contributed by atoms with Gasteiger partial charge in [-0.2, -0.15) is 0 Å². The molecule has 2 heterocycles. The molecule has 17 heavy (non-hydrogen) atoms. The van der Waals surface area contributed by atoms with Crippen LogP contribution in [0, 0.1) is 6.92 Å². The maximum atomic E-state index is 9.53. The second kappa shape index (κ2) is 5.65. The molecule has 0 aliphatic carbocycles. The SMILES string of the molecule is Cc1cc(CN2CCCCC2CC(C)O)no1. The number of hydrogen-bond donors (Lipinski definition) is 1. The number of aromatic nitrogens is 1. The molecule has 0 aromatic carbocycles. The zero-order chi connectivity index (χ0) is 12.3. The van der Waals surface area contributed by atoms with E-state index in [9.17, 15) is 5.11 Å². The molecular weight excluding hydrogens is 216 g/mol. The van der Waals surface area contributed by atoms with Crippen LogP contribution < -0.4 is 0 Å². The van der Waals surface area contributed by atoms with Crippen molar-refractivity contribution in [2.24, 2.45) is 0 Å². The van der Waals surface area contributed by atoms with Crippen molar-refractivity contribution >= 4 is 0 Å². The molecule has 0 radical (unpaired) electrons. The number of rotatable bonds is 4. The molecule has 2 atom stereocenters. The summed E-state index contributed by atoms with van der Waals surface area (Å²) in [6, 6.07) is 2.48. The molecule has 2 unspecified atom stereocenters. The van der Waals surface area contributed by atoms with Gasteiger partial charge in [0.1, 0.15) is 5.76 Å². The highest BCUT2D eigenvalue weighted by molar-refractivity contribution is 5.03. The molecule has 4 heteroatoms. The van der Waals surface area contributed by atoms with Crippen molar-refractivity contribution in [2.75, 3.05) is 6.54 Å². The van der Waals surface area contributed by atoms with Gasteiger partial charge in [-0.05, 0) is 39.7 Å². The molecule has 1 aromatic heterocycles. The molecule has 1 fully saturated rings. The summed E-state index contributed by atoms with van der Waals surface area (Å²) in [6.07, 6.45) is 4.33. The Kier molecular flexibility index (Phi) is 4.18. The first-order chi connectivity index (χ1) is 8.15. The van der Waals surface area contributed by atoms with Crippen molar-refractivity contribution < 1.29 is 9.63 Å². The minimum Gasteiger partial charge on any atom is -0.393 e. The lowest BCUT2D eigenvalue weighted by molar-refractivity contribution is 0.0802. The third-order valence-corrected chi connectivity index (χ3v) is 3.40. The predicted octanol–water partition coefficient (Wildman–Crippen LogP) is 2.11. The van der Waals surface area contributed by atoms with Gasteiger partial charge in [-0.15, -0.1) is 0 Å². The molecule has 1 aromatic rings. The van der Waals surface area contributed by atoms with Gasteiger partial charge in [0, 0.05) is 18.7 Å². The van der Waals surface area contributed by atoms with Crippen LogP contribution in [0.1, 0.15) is 44.1 Å². The minimum atomic E-state index is -0.223. The lowest BCUT2D eigenvalue weighted by Gasteiger charge is -2.35. The Labute approximate surface area is 103 Å². The van der Waals surface area contributed by atoms with Crippen LogP contribution in [0.4, 0.5) is 0 Å². The fourth-order valence-electron chi connectivity index (χ4n) is 2.63. The van der Waals surface area contributed by atoms with Gasteiger partial charge in [-0.25, -0.2) is 0 Å². The monoisotopic (exact) mass is 238 g/mol. The summed E-state index contributed by atoms with van der Waals surface area (Å²) in [6.45, 7) is 5.73. The normalized spacial score (nSPS) is 23.8. The maximum Gasteiger partial charge on any atom is 0.133 e. The Bertz CT molecular complexity index is 349. The van der Waals surface area contributed by atoms with Crippen LogP contribution in [0.15, 0.2) is 10.6 Å². The molecule has 1 N–H and O–H groups in total. The largest absolute Gasteiger partial charge is 0.393 e. The van der Waals surface area contributed by atoms with Gasteiger partial charge in [0.25, 0.3) is 0 Å². The highest BCUT2D eigenvalue weighted by atomic mass is 16.5. The van der Waals surface area contributed by atoms with Gasteiger partial charge in [0.2, 0.25) is 0 Å². The number of nitrogens with zero attached hydrogens (tertiary/aromatic N) is 2. The van der Waals surface area contributed by atoms with Crippen LogP contribution in [0.2, 0.25) is 0 Å². The van der Waals surface area contributed by atoms with Crippen LogP contribution in [0.25, 0.3) is 0 Å². The summed E-state index contributed by atoms with van der Waals surface area (Å²) in [7, 11) is 0. The van der Waals surface area contributed by atoms with Crippen molar-refractivity contribution in [3.8, 4) is 0 Å². The van der Waals surface area contributed by atoms with Crippen molar-refractivity contribution in [2.45, 2.75) is 58.2 Å². The molecule has 4 nitrogen and oxygen atoms in total. The third kappa shape index (κ3) is 3.54. The first-order valence-corrected chi connectivity index (χ1v) is 6.49. The molecule has 0 spiro atoms. The quantitative estimate of drug-likeness (QED) is 0.872. The van der Waals surface area contributed by atoms with E-state index >= 15 is 0 Å². The fourth-order valence-corrected chi connectivity index (χ4v) is 2.63. The summed E-state index contributed by atoms with van der Waals surface area (Å²) < 4.78 is 5.10. The highest BCUT2D eigenvalue weighted by Gasteiger charge is 2.24. The smallest absolute Gasteiger partial charge is 0.133 e. The standard InChI is InChI=1S/C13H22N2O2/c1-10(16)7-13-5-3-4-6-15(13)9-12-8-11(2)17-14-12/h8,10,13,16H,3-7,9H2,1-2H3. The first-order valence-electron chi connectivity index (χ1n) is 6.49. The van der Waals surface area contributed by atoms with E-state index in [1.54, 1.807) is 0 Å². The Hall–Kier alpha value is -0.870. The average Bonchev–Trinajstić information content (AvgIpc) is 2.66. The van der Waals surface area contributed by atoms with E-state index in [-0.39, 0.29) is 6.10 Å². The van der Waals surface area contributed by atoms with Crippen LogP contribution in [-0.2, 0) is 6.54 Å². The molecule has 1 aliphatic heterocycles. The Morgan fingerprint density at radius 3 is 3.06 bits per heavy atom. The van der Waals surface area contributed by atoms with Crippen LogP contribution in [-0.4, -0.2) is 33.9 Å². The summed E-state index contributed by atoms with van der Waals surface area (Å²) in [5.41, 5.74) is 1.000. The molecule has 0 saturated carbocycles. The molecule has 96 valence electrons. The van der Waals surface area contributed by atoms with E-state index in [0.717, 1.165) is 31.0 Å². The van der Waals surface area contributed by atoms with Gasteiger partial charge in [0.15, 0.2) is 0 Å². The van der Waals surface area contributed by atoms with Gasteiger partial charge in [0.05, 0.1) is 11.8 Å². The molecule has 1 aliphatic rings. The van der Waals surface area contributed by atoms with E-state index in [0.29, 0.717) is 6.04 Å². The van der Waals surface area contributed by atoms with Gasteiger partial charge < -0.3 is 9.63 Å². The number of aryl methyl sites for hydroxylation is 1. The van der Waals surface area contributed by atoms with E-state index in [4.69, 9.17) is 4.52 Å². The van der Waals surface area contributed by atoms with Crippen LogP contribution >= 0.6 is 0 Å². The Morgan fingerprint density at radius 1 is 1.59 bits per heavy atom. The number of piperidine rings is 1. The summed E-state index contributed by atoms with van der Waals surface area (Å²) in [5, 5.41) is 13.6. The van der Waals surface area contributed by atoms with Crippen molar-refractivity contribution in [1.29, 1.82) is 0 Å². The summed E-state index contributed by atoms with van der Waals surface area (Å²) in [4.78, 5) is 2.42. The van der Waals surface area contributed by atoms with Crippen LogP contribution in [0.5, 0.6) is 0 Å². The zero-order valence-electron chi connectivity index (χ0n) is 10.7. The third-order valence-electron chi connectivity index (χ3n) is 3.40. The van der Waals surface area contributed by atoms with E-state index in [1.165, 1.54) is 19.3 Å². The molecular formula is C13H22N2O2.